The lowest BCUT2D eigenvalue weighted by Crippen LogP contribution is -2.26. The number of rotatable bonds is 6. The summed E-state index contributed by atoms with van der Waals surface area (Å²) in [7, 11) is 0. The number of hydrogen-bond acceptors (Lipinski definition) is 4. The number of anilines is 2. The summed E-state index contributed by atoms with van der Waals surface area (Å²) in [6.45, 7) is 0.636. The third-order valence-electron chi connectivity index (χ3n) is 4.13. The van der Waals surface area contributed by atoms with Crippen LogP contribution < -0.4 is 10.6 Å². The molecule has 6 heteroatoms. The van der Waals surface area contributed by atoms with Crippen LogP contribution in [-0.4, -0.2) is 22.6 Å². The number of carbonyl (C=O) groups is 1. The second kappa shape index (κ2) is 8.62. The Bertz CT molecular complexity index is 741. The first-order chi connectivity index (χ1) is 12.2. The van der Waals surface area contributed by atoms with Gasteiger partial charge in [0.05, 0.1) is 0 Å². The molecule has 1 aliphatic carbocycles. The van der Waals surface area contributed by atoms with Gasteiger partial charge in [0, 0.05) is 17.3 Å². The molecule has 1 heterocycles. The fraction of sp³-hybridized carbons (Fsp3) is 0.316. The molecule has 5 nitrogen and oxygen atoms in total. The van der Waals surface area contributed by atoms with Crippen LogP contribution in [0.5, 0.6) is 0 Å². The lowest BCUT2D eigenvalue weighted by Gasteiger charge is -2.12. The molecule has 0 spiro atoms. The molecule has 0 bridgehead atoms. The van der Waals surface area contributed by atoms with Crippen LogP contribution in [0.25, 0.3) is 0 Å². The van der Waals surface area contributed by atoms with Gasteiger partial charge in [0.25, 0.3) is 5.91 Å². The van der Waals surface area contributed by atoms with Crippen LogP contribution in [0.15, 0.2) is 48.0 Å². The third kappa shape index (κ3) is 5.29. The molecule has 0 aliphatic heterocycles. The monoisotopic (exact) mass is 356 g/mol. The van der Waals surface area contributed by atoms with Crippen molar-refractivity contribution in [2.45, 2.75) is 32.1 Å². The summed E-state index contributed by atoms with van der Waals surface area (Å²) >= 11 is 5.86. The normalized spacial score (nSPS) is 13.9. The molecule has 1 aromatic heterocycles. The number of nitrogens with zero attached hydrogens (tertiary/aromatic N) is 2. The lowest BCUT2D eigenvalue weighted by atomic mass is 9.97. The third-order valence-corrected chi connectivity index (χ3v) is 4.38. The van der Waals surface area contributed by atoms with Gasteiger partial charge in [0.1, 0.15) is 0 Å². The van der Waals surface area contributed by atoms with Crippen LogP contribution in [0.2, 0.25) is 5.02 Å². The molecule has 0 unspecified atom stereocenters. The van der Waals surface area contributed by atoms with E-state index in [0.29, 0.717) is 23.1 Å². The maximum Gasteiger partial charge on any atom is 0.271 e. The molecule has 2 N–H and O–H groups in total. The van der Waals surface area contributed by atoms with Gasteiger partial charge in [-0.25, -0.2) is 0 Å². The predicted molar refractivity (Wildman–Crippen MR) is 100 cm³/mol. The second-order valence-electron chi connectivity index (χ2n) is 6.05. The molecule has 25 heavy (non-hydrogen) atoms. The minimum atomic E-state index is -0.193. The molecule has 3 rings (SSSR count). The summed E-state index contributed by atoms with van der Waals surface area (Å²) in [5, 5.41) is 14.7. The number of halogens is 1. The molecule has 130 valence electrons. The van der Waals surface area contributed by atoms with Crippen molar-refractivity contribution < 1.29 is 4.79 Å². The van der Waals surface area contributed by atoms with Crippen LogP contribution in [0.1, 0.15) is 42.6 Å². The van der Waals surface area contributed by atoms with Crippen molar-refractivity contribution in [1.82, 2.24) is 15.5 Å². The van der Waals surface area contributed by atoms with E-state index >= 15 is 0 Å². The lowest BCUT2D eigenvalue weighted by molar-refractivity contribution is 0.0948. The van der Waals surface area contributed by atoms with Gasteiger partial charge in [-0.3, -0.25) is 4.79 Å². The van der Waals surface area contributed by atoms with E-state index in [9.17, 15) is 4.79 Å². The molecule has 2 aromatic rings. The van der Waals surface area contributed by atoms with E-state index in [2.05, 4.69) is 26.9 Å². The van der Waals surface area contributed by atoms with Gasteiger partial charge in [-0.1, -0.05) is 23.3 Å². The van der Waals surface area contributed by atoms with E-state index in [0.717, 1.165) is 24.9 Å². The number of amides is 1. The molecule has 0 atom stereocenters. The zero-order valence-corrected chi connectivity index (χ0v) is 14.7. The Morgan fingerprint density at radius 2 is 1.92 bits per heavy atom. The highest BCUT2D eigenvalue weighted by atomic mass is 35.5. The Morgan fingerprint density at radius 1 is 1.08 bits per heavy atom. The average molecular weight is 357 g/mol. The Balaban J connectivity index is 1.49. The topological polar surface area (TPSA) is 66.9 Å². The van der Waals surface area contributed by atoms with Gasteiger partial charge in [0.15, 0.2) is 11.5 Å². The Kier molecular flexibility index (Phi) is 6.01. The minimum Gasteiger partial charge on any atom is -0.350 e. The molecule has 1 amide bonds. The molecule has 1 aliphatic rings. The van der Waals surface area contributed by atoms with E-state index in [-0.39, 0.29) is 5.91 Å². The van der Waals surface area contributed by atoms with Gasteiger partial charge in [-0.15, -0.1) is 10.2 Å². The van der Waals surface area contributed by atoms with Crippen molar-refractivity contribution in [2.75, 3.05) is 11.9 Å². The summed E-state index contributed by atoms with van der Waals surface area (Å²) in [5.41, 5.74) is 2.62. The van der Waals surface area contributed by atoms with E-state index in [4.69, 9.17) is 11.6 Å². The summed E-state index contributed by atoms with van der Waals surface area (Å²) in [6, 6.07) is 10.7. The largest absolute Gasteiger partial charge is 0.350 e. The molecule has 0 saturated heterocycles. The summed E-state index contributed by atoms with van der Waals surface area (Å²) < 4.78 is 0. The van der Waals surface area contributed by atoms with Crippen molar-refractivity contribution in [1.29, 1.82) is 0 Å². The van der Waals surface area contributed by atoms with Crippen LogP contribution in [-0.2, 0) is 0 Å². The van der Waals surface area contributed by atoms with E-state index in [1.54, 1.807) is 24.3 Å². The van der Waals surface area contributed by atoms with Gasteiger partial charge in [-0.05, 0) is 68.5 Å². The van der Waals surface area contributed by atoms with E-state index in [1.165, 1.54) is 18.4 Å². The number of carbonyl (C=O) groups excluding carboxylic acids is 1. The maximum atomic E-state index is 12.1. The number of nitrogens with one attached hydrogen (secondary N) is 2. The van der Waals surface area contributed by atoms with Crippen molar-refractivity contribution in [3.8, 4) is 0 Å². The Labute approximate surface area is 152 Å². The zero-order valence-electron chi connectivity index (χ0n) is 14.0. The highest BCUT2D eigenvalue weighted by molar-refractivity contribution is 6.30. The Morgan fingerprint density at radius 3 is 2.60 bits per heavy atom. The second-order valence-corrected chi connectivity index (χ2v) is 6.49. The van der Waals surface area contributed by atoms with Crippen molar-refractivity contribution in [3.63, 3.8) is 0 Å². The Hall–Kier alpha value is -2.40. The van der Waals surface area contributed by atoms with Crippen LogP contribution in [0, 0.1) is 0 Å². The van der Waals surface area contributed by atoms with Gasteiger partial charge in [-0.2, -0.15) is 0 Å². The summed E-state index contributed by atoms with van der Waals surface area (Å²) in [4.78, 5) is 12.1. The SMILES string of the molecule is O=C(NCCC1=CCCCC1)c1ccc(Nc2ccc(Cl)cc2)nn1. The maximum absolute atomic E-state index is 12.1. The molecule has 0 fully saturated rings. The fourth-order valence-electron chi connectivity index (χ4n) is 2.76. The molecule has 1 aromatic carbocycles. The number of hydrogen-bond donors (Lipinski definition) is 2. The van der Waals surface area contributed by atoms with Gasteiger partial charge in [0.2, 0.25) is 0 Å². The molecule has 0 radical (unpaired) electrons. The number of benzene rings is 1. The zero-order chi connectivity index (χ0) is 17.5. The summed E-state index contributed by atoms with van der Waals surface area (Å²) in [5.74, 6) is 0.383. The quantitative estimate of drug-likeness (QED) is 0.748. The highest BCUT2D eigenvalue weighted by Crippen LogP contribution is 2.19. The van der Waals surface area contributed by atoms with Crippen molar-refractivity contribution in [3.05, 3.63) is 58.8 Å². The van der Waals surface area contributed by atoms with E-state index in [1.807, 2.05) is 12.1 Å². The molecule has 0 saturated carbocycles. The number of allylic oxidation sites excluding steroid dienone is 1. The molecular formula is C19H21ClN4O. The van der Waals surface area contributed by atoms with E-state index < -0.39 is 0 Å². The molecular weight excluding hydrogens is 336 g/mol. The standard InChI is InChI=1S/C19H21ClN4O/c20-15-6-8-16(9-7-15)22-18-11-10-17(23-24-18)19(25)21-13-12-14-4-2-1-3-5-14/h4,6-11H,1-3,5,12-13H2,(H,21,25)(H,22,24). The smallest absolute Gasteiger partial charge is 0.271 e. The van der Waals surface area contributed by atoms with Crippen LogP contribution in [0.3, 0.4) is 0 Å². The van der Waals surface area contributed by atoms with Crippen LogP contribution >= 0.6 is 11.6 Å². The van der Waals surface area contributed by atoms with Crippen LogP contribution in [0.4, 0.5) is 11.5 Å². The summed E-state index contributed by atoms with van der Waals surface area (Å²) in [6.07, 6.45) is 8.06. The van der Waals surface area contributed by atoms with Gasteiger partial charge < -0.3 is 10.6 Å². The fourth-order valence-corrected chi connectivity index (χ4v) is 2.89. The first-order valence-electron chi connectivity index (χ1n) is 8.53. The van der Waals surface area contributed by atoms with Crippen molar-refractivity contribution in [2.24, 2.45) is 0 Å². The average Bonchev–Trinajstić information content (AvgIpc) is 2.65. The first kappa shape index (κ1) is 17.4. The first-order valence-corrected chi connectivity index (χ1v) is 8.91. The number of aromatic nitrogens is 2. The van der Waals surface area contributed by atoms with Gasteiger partial charge >= 0.3 is 0 Å². The highest BCUT2D eigenvalue weighted by Gasteiger charge is 2.09. The minimum absolute atomic E-state index is 0.193. The predicted octanol–water partition coefficient (Wildman–Crippen LogP) is 4.49. The van der Waals surface area contributed by atoms with Crippen molar-refractivity contribution >= 4 is 29.0 Å².